The monoisotopic (exact) mass is 202 g/mol. The van der Waals surface area contributed by atoms with E-state index in [1.807, 2.05) is 0 Å². The fourth-order valence-electron chi connectivity index (χ4n) is 1.18. The molecule has 1 heterocycles. The second-order valence-corrected chi connectivity index (χ2v) is 4.66. The number of nitrogens with two attached hydrogens (primary N) is 1. The molecule has 0 unspecified atom stereocenters. The van der Waals surface area contributed by atoms with E-state index >= 15 is 0 Å². The smallest absolute Gasteiger partial charge is 0.288 e. The molecule has 0 radical (unpaired) electrons. The van der Waals surface area contributed by atoms with Crippen LogP contribution in [0, 0.1) is 0 Å². The zero-order valence-corrected chi connectivity index (χ0v) is 8.69. The van der Waals surface area contributed by atoms with E-state index in [2.05, 4.69) is 0 Å². The van der Waals surface area contributed by atoms with E-state index in [1.165, 1.54) is 16.7 Å². The molecule has 0 aliphatic carbocycles. The van der Waals surface area contributed by atoms with Crippen LogP contribution >= 0.6 is 11.8 Å². The molecule has 2 N–H and O–H groups in total. The number of thioether (sulfide) groups is 1. The van der Waals surface area contributed by atoms with Crippen molar-refractivity contribution < 1.29 is 9.59 Å². The molecule has 0 aromatic heterocycles. The number of carbonyl (C=O) groups excluding carboxylic acids is 2. The second kappa shape index (κ2) is 3.67. The fraction of sp³-hybridized carbons (Fsp3) is 0.750. The van der Waals surface area contributed by atoms with Gasteiger partial charge in [-0.2, -0.15) is 0 Å². The Balaban J connectivity index is 2.86. The van der Waals surface area contributed by atoms with Crippen molar-refractivity contribution in [2.24, 2.45) is 5.73 Å². The highest BCUT2D eigenvalue weighted by molar-refractivity contribution is 8.13. The van der Waals surface area contributed by atoms with Crippen LogP contribution in [0.5, 0.6) is 0 Å². The quantitative estimate of drug-likeness (QED) is 0.719. The lowest BCUT2D eigenvalue weighted by atomic mass is 10.0. The number of hydrogen-bond donors (Lipinski definition) is 1. The van der Waals surface area contributed by atoms with Crippen molar-refractivity contribution in [2.75, 3.05) is 12.3 Å². The molecule has 1 aliphatic rings. The van der Waals surface area contributed by atoms with Crippen molar-refractivity contribution in [3.63, 3.8) is 0 Å². The minimum absolute atomic E-state index is 0.112. The zero-order valence-electron chi connectivity index (χ0n) is 7.87. The van der Waals surface area contributed by atoms with Crippen molar-refractivity contribution >= 4 is 22.9 Å². The van der Waals surface area contributed by atoms with Gasteiger partial charge in [-0.3, -0.25) is 14.5 Å². The Labute approximate surface area is 81.8 Å². The summed E-state index contributed by atoms with van der Waals surface area (Å²) < 4.78 is 0. The third-order valence-electron chi connectivity index (χ3n) is 2.08. The molecule has 1 rings (SSSR count). The third kappa shape index (κ3) is 2.03. The standard InChI is InChI=1S/C8H14N2O2S/c1-8(2,5-9)10-6(11)3-4-13-7(10)12/h3-5,9H2,1-2H3. The van der Waals surface area contributed by atoms with Crippen LogP contribution in [0.2, 0.25) is 0 Å². The molecule has 5 heteroatoms. The SMILES string of the molecule is CC(C)(CN)N1C(=O)CCSC1=O. The van der Waals surface area contributed by atoms with Gasteiger partial charge in [0.2, 0.25) is 5.91 Å². The zero-order chi connectivity index (χ0) is 10.1. The number of hydrogen-bond acceptors (Lipinski definition) is 4. The maximum atomic E-state index is 11.4. The second-order valence-electron chi connectivity index (χ2n) is 3.61. The number of imide groups is 1. The molecule has 1 fully saturated rings. The topological polar surface area (TPSA) is 63.4 Å². The Hall–Kier alpha value is -0.550. The highest BCUT2D eigenvalue weighted by atomic mass is 32.2. The van der Waals surface area contributed by atoms with Gasteiger partial charge >= 0.3 is 0 Å². The highest BCUT2D eigenvalue weighted by Crippen LogP contribution is 2.25. The molecule has 0 spiro atoms. The van der Waals surface area contributed by atoms with E-state index in [-0.39, 0.29) is 11.1 Å². The summed E-state index contributed by atoms with van der Waals surface area (Å²) in [4.78, 5) is 24.1. The summed E-state index contributed by atoms with van der Waals surface area (Å²) in [7, 11) is 0. The first-order valence-electron chi connectivity index (χ1n) is 4.19. The van der Waals surface area contributed by atoms with E-state index in [0.717, 1.165) is 0 Å². The fourth-order valence-corrected chi connectivity index (χ4v) is 2.11. The van der Waals surface area contributed by atoms with Crippen LogP contribution in [-0.2, 0) is 4.79 Å². The van der Waals surface area contributed by atoms with Gasteiger partial charge < -0.3 is 5.73 Å². The molecule has 2 amide bonds. The number of nitrogens with zero attached hydrogens (tertiary/aromatic N) is 1. The maximum absolute atomic E-state index is 11.4. The van der Waals surface area contributed by atoms with Gasteiger partial charge in [-0.1, -0.05) is 11.8 Å². The summed E-state index contributed by atoms with van der Waals surface area (Å²) >= 11 is 1.18. The van der Waals surface area contributed by atoms with E-state index in [0.29, 0.717) is 18.7 Å². The average Bonchev–Trinajstić information content (AvgIpc) is 2.03. The molecule has 0 saturated carbocycles. The summed E-state index contributed by atoms with van der Waals surface area (Å²) in [6.07, 6.45) is 0.430. The van der Waals surface area contributed by atoms with E-state index in [4.69, 9.17) is 5.73 Å². The lowest BCUT2D eigenvalue weighted by Crippen LogP contribution is -2.55. The Bertz CT molecular complexity index is 224. The van der Waals surface area contributed by atoms with Gasteiger partial charge in [0, 0.05) is 18.7 Å². The van der Waals surface area contributed by atoms with Crippen LogP contribution in [0.15, 0.2) is 0 Å². The maximum Gasteiger partial charge on any atom is 0.288 e. The van der Waals surface area contributed by atoms with Crippen LogP contribution < -0.4 is 5.73 Å². The predicted octanol–water partition coefficient (Wildman–Crippen LogP) is 0.809. The lowest BCUT2D eigenvalue weighted by molar-refractivity contribution is -0.131. The minimum Gasteiger partial charge on any atom is -0.328 e. The first-order chi connectivity index (χ1) is 5.99. The molecule has 1 saturated heterocycles. The molecule has 0 aromatic carbocycles. The van der Waals surface area contributed by atoms with Crippen molar-refractivity contribution in [3.8, 4) is 0 Å². The first kappa shape index (κ1) is 10.5. The molecule has 4 nitrogen and oxygen atoms in total. The molecule has 13 heavy (non-hydrogen) atoms. The number of carbonyl (C=O) groups is 2. The van der Waals surface area contributed by atoms with Crippen molar-refractivity contribution in [1.29, 1.82) is 0 Å². The van der Waals surface area contributed by atoms with Crippen LogP contribution in [0.25, 0.3) is 0 Å². The Morgan fingerprint density at radius 3 is 2.62 bits per heavy atom. The summed E-state index contributed by atoms with van der Waals surface area (Å²) in [5.41, 5.74) is 4.95. The van der Waals surface area contributed by atoms with Gasteiger partial charge in [0.1, 0.15) is 0 Å². The van der Waals surface area contributed by atoms with E-state index < -0.39 is 5.54 Å². The Kier molecular flexibility index (Phi) is 2.98. The van der Waals surface area contributed by atoms with Gasteiger partial charge in [-0.25, -0.2) is 0 Å². The molecule has 1 aliphatic heterocycles. The predicted molar refractivity (Wildman–Crippen MR) is 52.5 cm³/mol. The van der Waals surface area contributed by atoms with Crippen molar-refractivity contribution in [1.82, 2.24) is 4.90 Å². The molecular formula is C8H14N2O2S. The lowest BCUT2D eigenvalue weighted by Gasteiger charge is -2.37. The summed E-state index contributed by atoms with van der Waals surface area (Å²) in [6.45, 7) is 3.90. The molecule has 0 aromatic rings. The summed E-state index contributed by atoms with van der Waals surface area (Å²) in [5, 5.41) is -0.174. The van der Waals surface area contributed by atoms with E-state index in [1.54, 1.807) is 13.8 Å². The average molecular weight is 202 g/mol. The Morgan fingerprint density at radius 1 is 1.54 bits per heavy atom. The first-order valence-corrected chi connectivity index (χ1v) is 5.17. The molecule has 74 valence electrons. The van der Waals surface area contributed by atoms with Crippen LogP contribution in [-0.4, -0.2) is 33.9 Å². The normalized spacial score (nSPS) is 19.5. The molecular weight excluding hydrogens is 188 g/mol. The summed E-state index contributed by atoms with van der Waals surface area (Å²) in [5.74, 6) is 0.480. The van der Waals surface area contributed by atoms with Crippen LogP contribution in [0.3, 0.4) is 0 Å². The largest absolute Gasteiger partial charge is 0.328 e. The van der Waals surface area contributed by atoms with Crippen molar-refractivity contribution in [3.05, 3.63) is 0 Å². The summed E-state index contributed by atoms with van der Waals surface area (Å²) in [6, 6.07) is 0. The Morgan fingerprint density at radius 2 is 2.15 bits per heavy atom. The number of amides is 2. The van der Waals surface area contributed by atoms with Crippen LogP contribution in [0.1, 0.15) is 20.3 Å². The third-order valence-corrected chi connectivity index (χ3v) is 2.92. The van der Waals surface area contributed by atoms with Gasteiger partial charge in [0.15, 0.2) is 0 Å². The van der Waals surface area contributed by atoms with Gasteiger partial charge in [-0.05, 0) is 13.8 Å². The van der Waals surface area contributed by atoms with E-state index in [9.17, 15) is 9.59 Å². The van der Waals surface area contributed by atoms with Gasteiger partial charge in [0.05, 0.1) is 5.54 Å². The van der Waals surface area contributed by atoms with Gasteiger partial charge in [-0.15, -0.1) is 0 Å². The molecule has 0 atom stereocenters. The molecule has 0 bridgehead atoms. The number of rotatable bonds is 2. The van der Waals surface area contributed by atoms with Crippen molar-refractivity contribution in [2.45, 2.75) is 25.8 Å². The minimum atomic E-state index is -0.554. The highest BCUT2D eigenvalue weighted by Gasteiger charge is 2.37. The van der Waals surface area contributed by atoms with Gasteiger partial charge in [0.25, 0.3) is 5.24 Å². The van der Waals surface area contributed by atoms with Crippen LogP contribution in [0.4, 0.5) is 4.79 Å².